The van der Waals surface area contributed by atoms with Crippen LogP contribution in [0.5, 0.6) is 0 Å². The molecule has 0 amide bonds. The number of nitrogens with zero attached hydrogens (tertiary/aromatic N) is 1. The van der Waals surface area contributed by atoms with Crippen LogP contribution in [0.1, 0.15) is 45.6 Å². The molecule has 1 aromatic rings. The quantitative estimate of drug-likeness (QED) is 0.843. The number of aliphatic hydroxyl groups is 1. The molecule has 1 saturated carbocycles. The number of anilines is 1. The molecule has 118 valence electrons. The molecule has 0 unspecified atom stereocenters. The van der Waals surface area contributed by atoms with Gasteiger partial charge < -0.3 is 15.3 Å². The minimum atomic E-state index is 0.0972. The van der Waals surface area contributed by atoms with Crippen molar-refractivity contribution in [3.63, 3.8) is 0 Å². The lowest BCUT2D eigenvalue weighted by atomic mass is 9.91. The first-order valence-corrected chi connectivity index (χ1v) is 8.19. The molecular weight excluding hydrogens is 284 g/mol. The first-order valence-electron chi connectivity index (χ1n) is 7.81. The molecule has 2 N–H and O–H groups in total. The lowest BCUT2D eigenvalue weighted by molar-refractivity contribution is 0.283. The fourth-order valence-corrected chi connectivity index (χ4v) is 2.88. The van der Waals surface area contributed by atoms with E-state index in [9.17, 15) is 5.11 Å². The Balaban J connectivity index is 2.09. The summed E-state index contributed by atoms with van der Waals surface area (Å²) in [4.78, 5) is 2.26. The number of hydrogen-bond donors (Lipinski definition) is 2. The molecule has 0 heterocycles. The summed E-state index contributed by atoms with van der Waals surface area (Å²) in [6.07, 6.45) is 3.67. The lowest BCUT2D eigenvalue weighted by Crippen LogP contribution is -2.42. The fraction of sp³-hybridized carbons (Fsp3) is 0.647. The molecule has 0 atom stereocenters. The van der Waals surface area contributed by atoms with Gasteiger partial charge in [0.2, 0.25) is 0 Å². The molecule has 0 aliphatic heterocycles. The average molecular weight is 311 g/mol. The summed E-state index contributed by atoms with van der Waals surface area (Å²) >= 11 is 6.48. The highest BCUT2D eigenvalue weighted by Crippen LogP contribution is 2.34. The van der Waals surface area contributed by atoms with Gasteiger partial charge in [0.25, 0.3) is 0 Å². The zero-order chi connectivity index (χ0) is 15.5. The molecule has 1 aliphatic carbocycles. The summed E-state index contributed by atoms with van der Waals surface area (Å²) in [5.74, 6) is 0. The largest absolute Gasteiger partial charge is 0.395 e. The number of hydrogen-bond acceptors (Lipinski definition) is 3. The van der Waals surface area contributed by atoms with E-state index in [1.54, 1.807) is 0 Å². The second-order valence-electron chi connectivity index (χ2n) is 6.89. The van der Waals surface area contributed by atoms with Gasteiger partial charge in [-0.3, -0.25) is 0 Å². The van der Waals surface area contributed by atoms with Gasteiger partial charge in [0.15, 0.2) is 0 Å². The van der Waals surface area contributed by atoms with Crippen LogP contribution >= 0.6 is 11.6 Å². The van der Waals surface area contributed by atoms with Gasteiger partial charge in [-0.15, -0.1) is 0 Å². The maximum atomic E-state index is 9.29. The molecule has 3 nitrogen and oxygen atoms in total. The fourth-order valence-electron chi connectivity index (χ4n) is 2.57. The molecular formula is C17H27ClN2O. The number of nitrogens with one attached hydrogen (secondary N) is 1. The van der Waals surface area contributed by atoms with Crippen molar-refractivity contribution in [2.45, 2.75) is 58.2 Å². The van der Waals surface area contributed by atoms with Crippen LogP contribution in [0.25, 0.3) is 0 Å². The van der Waals surface area contributed by atoms with Crippen LogP contribution in [0.3, 0.4) is 0 Å². The van der Waals surface area contributed by atoms with E-state index >= 15 is 0 Å². The first kappa shape index (κ1) is 16.6. The van der Waals surface area contributed by atoms with Crippen LogP contribution in [0.15, 0.2) is 18.2 Å². The van der Waals surface area contributed by atoms with Crippen LogP contribution < -0.4 is 10.2 Å². The monoisotopic (exact) mass is 310 g/mol. The number of halogens is 1. The Morgan fingerprint density at radius 3 is 2.52 bits per heavy atom. The van der Waals surface area contributed by atoms with Gasteiger partial charge in [-0.1, -0.05) is 17.7 Å². The Kier molecular flexibility index (Phi) is 5.53. The molecule has 1 aliphatic rings. The van der Waals surface area contributed by atoms with E-state index < -0.39 is 0 Å². The van der Waals surface area contributed by atoms with Crippen molar-refractivity contribution in [3.05, 3.63) is 28.8 Å². The van der Waals surface area contributed by atoms with Crippen molar-refractivity contribution in [1.82, 2.24) is 5.32 Å². The molecule has 1 fully saturated rings. The predicted molar refractivity (Wildman–Crippen MR) is 90.1 cm³/mol. The minimum absolute atomic E-state index is 0.0972. The maximum absolute atomic E-state index is 9.29. The van der Waals surface area contributed by atoms with Gasteiger partial charge in [0.1, 0.15) is 0 Å². The Hall–Kier alpha value is -0.770. The molecule has 4 heteroatoms. The second-order valence-corrected chi connectivity index (χ2v) is 7.30. The van der Waals surface area contributed by atoms with Crippen LogP contribution in [0.2, 0.25) is 5.02 Å². The summed E-state index contributed by atoms with van der Waals surface area (Å²) in [6, 6.07) is 6.80. The van der Waals surface area contributed by atoms with Crippen molar-refractivity contribution in [1.29, 1.82) is 0 Å². The van der Waals surface area contributed by atoms with Gasteiger partial charge in [-0.05, 0) is 57.7 Å². The predicted octanol–water partition coefficient (Wildman–Crippen LogP) is 3.58. The van der Waals surface area contributed by atoms with Gasteiger partial charge in [0.05, 0.1) is 17.3 Å². The minimum Gasteiger partial charge on any atom is -0.395 e. The summed E-state index contributed by atoms with van der Waals surface area (Å²) in [5.41, 5.74) is 2.34. The molecule has 0 aromatic heterocycles. The standard InChI is InChI=1S/C17H27ClN2O/c1-17(2,3)19-12-13-7-8-16(15(18)11-13)20(9-10-21)14-5-4-6-14/h7-8,11,14,19,21H,4-6,9-10,12H2,1-3H3. The number of rotatable bonds is 6. The van der Waals surface area contributed by atoms with Crippen LogP contribution in [0.4, 0.5) is 5.69 Å². The van der Waals surface area contributed by atoms with Gasteiger partial charge in [-0.25, -0.2) is 0 Å². The zero-order valence-corrected chi connectivity index (χ0v) is 14.1. The zero-order valence-electron chi connectivity index (χ0n) is 13.3. The number of benzene rings is 1. The normalized spacial score (nSPS) is 15.9. The van der Waals surface area contributed by atoms with E-state index in [4.69, 9.17) is 11.6 Å². The Bertz CT molecular complexity index is 466. The molecule has 0 spiro atoms. The van der Waals surface area contributed by atoms with E-state index in [0.29, 0.717) is 12.6 Å². The van der Waals surface area contributed by atoms with E-state index in [-0.39, 0.29) is 12.1 Å². The third kappa shape index (κ3) is 4.60. The molecule has 0 saturated heterocycles. The van der Waals surface area contributed by atoms with E-state index in [0.717, 1.165) is 17.3 Å². The van der Waals surface area contributed by atoms with Crippen molar-refractivity contribution in [2.75, 3.05) is 18.1 Å². The molecule has 1 aromatic carbocycles. The highest BCUT2D eigenvalue weighted by atomic mass is 35.5. The van der Waals surface area contributed by atoms with Crippen LogP contribution in [-0.4, -0.2) is 29.8 Å². The smallest absolute Gasteiger partial charge is 0.0642 e. The van der Waals surface area contributed by atoms with Gasteiger partial charge in [-0.2, -0.15) is 0 Å². The highest BCUT2D eigenvalue weighted by molar-refractivity contribution is 6.33. The third-order valence-electron chi connectivity index (χ3n) is 4.00. The van der Waals surface area contributed by atoms with Crippen LogP contribution in [0, 0.1) is 0 Å². The van der Waals surface area contributed by atoms with Crippen molar-refractivity contribution < 1.29 is 5.11 Å². The van der Waals surface area contributed by atoms with E-state index in [1.807, 2.05) is 6.07 Å². The molecule has 21 heavy (non-hydrogen) atoms. The lowest BCUT2D eigenvalue weighted by Gasteiger charge is -2.39. The topological polar surface area (TPSA) is 35.5 Å². The third-order valence-corrected chi connectivity index (χ3v) is 4.30. The number of aliphatic hydroxyl groups excluding tert-OH is 1. The van der Waals surface area contributed by atoms with Crippen LogP contribution in [-0.2, 0) is 6.54 Å². The maximum Gasteiger partial charge on any atom is 0.0642 e. The van der Waals surface area contributed by atoms with Gasteiger partial charge >= 0.3 is 0 Å². The highest BCUT2D eigenvalue weighted by Gasteiger charge is 2.26. The average Bonchev–Trinajstić information content (AvgIpc) is 2.33. The van der Waals surface area contributed by atoms with Crippen molar-refractivity contribution in [2.24, 2.45) is 0 Å². The Morgan fingerprint density at radius 1 is 1.33 bits per heavy atom. The second kappa shape index (κ2) is 6.99. The van der Waals surface area contributed by atoms with E-state index in [2.05, 4.69) is 43.1 Å². The Morgan fingerprint density at radius 2 is 2.05 bits per heavy atom. The molecule has 2 rings (SSSR count). The Labute approximate surface area is 133 Å². The van der Waals surface area contributed by atoms with E-state index in [1.165, 1.54) is 24.8 Å². The SMILES string of the molecule is CC(C)(C)NCc1ccc(N(CCO)C2CCC2)c(Cl)c1. The first-order chi connectivity index (χ1) is 9.90. The molecule has 0 bridgehead atoms. The summed E-state index contributed by atoms with van der Waals surface area (Å²) in [5, 5.41) is 13.5. The van der Waals surface area contributed by atoms with Crippen molar-refractivity contribution in [3.8, 4) is 0 Å². The van der Waals surface area contributed by atoms with Crippen molar-refractivity contribution >= 4 is 17.3 Å². The van der Waals surface area contributed by atoms with Gasteiger partial charge in [0, 0.05) is 24.7 Å². The summed E-state index contributed by atoms with van der Waals surface area (Å²) in [7, 11) is 0. The molecule has 0 radical (unpaired) electrons. The summed E-state index contributed by atoms with van der Waals surface area (Å²) < 4.78 is 0. The summed E-state index contributed by atoms with van der Waals surface area (Å²) in [6.45, 7) is 8.10.